The Bertz CT molecular complexity index is 849. The molecule has 112 valence electrons. The second-order valence-corrected chi connectivity index (χ2v) is 4.84. The van der Waals surface area contributed by atoms with Gasteiger partial charge in [0.25, 0.3) is 5.56 Å². The first-order valence-corrected chi connectivity index (χ1v) is 7.03. The highest BCUT2D eigenvalue weighted by atomic mass is 16.3. The maximum atomic E-state index is 12.4. The first kappa shape index (κ1) is 14.2. The summed E-state index contributed by atoms with van der Waals surface area (Å²) < 4.78 is 3.06. The van der Waals surface area contributed by atoms with E-state index in [1.54, 1.807) is 0 Å². The first-order chi connectivity index (χ1) is 10.8. The van der Waals surface area contributed by atoms with E-state index >= 15 is 0 Å². The number of fused-ring (bicyclic) bond motifs is 1. The number of hydrogen-bond acceptors (Lipinski definition) is 4. The summed E-state index contributed by atoms with van der Waals surface area (Å²) in [5.74, 6) is 0. The van der Waals surface area contributed by atoms with Crippen LogP contribution in [-0.2, 0) is 13.1 Å². The first-order valence-electron chi connectivity index (χ1n) is 7.03. The Hall–Kier alpha value is -2.73. The van der Waals surface area contributed by atoms with E-state index in [9.17, 15) is 4.79 Å². The Morgan fingerprint density at radius 3 is 2.82 bits per heavy atom. The lowest BCUT2D eigenvalue weighted by Gasteiger charge is -2.03. The van der Waals surface area contributed by atoms with E-state index < -0.39 is 0 Å². The van der Waals surface area contributed by atoms with E-state index in [0.717, 1.165) is 5.56 Å². The second-order valence-electron chi connectivity index (χ2n) is 4.84. The van der Waals surface area contributed by atoms with Gasteiger partial charge in [0.15, 0.2) is 5.65 Å². The molecule has 6 heteroatoms. The standard InChI is InChI=1S/C16H16N4O2/c21-10-9-20-15-14(11-18-20)16(22)19(12-17-15)8-4-7-13-5-2-1-3-6-13/h1-7,11-12,21H,8-10H2/b7-4+. The van der Waals surface area contributed by atoms with Gasteiger partial charge >= 0.3 is 0 Å². The molecule has 0 fully saturated rings. The number of hydrogen-bond donors (Lipinski definition) is 1. The van der Waals surface area contributed by atoms with Gasteiger partial charge < -0.3 is 5.11 Å². The topological polar surface area (TPSA) is 72.9 Å². The van der Waals surface area contributed by atoms with Crippen molar-refractivity contribution in [3.05, 3.63) is 64.8 Å². The van der Waals surface area contributed by atoms with Crippen molar-refractivity contribution in [2.24, 2.45) is 0 Å². The third-order valence-electron chi connectivity index (χ3n) is 3.35. The van der Waals surface area contributed by atoms with Gasteiger partial charge in [-0.2, -0.15) is 5.10 Å². The summed E-state index contributed by atoms with van der Waals surface area (Å²) in [6.45, 7) is 0.733. The number of aromatic nitrogens is 4. The fourth-order valence-corrected chi connectivity index (χ4v) is 2.25. The monoisotopic (exact) mass is 296 g/mol. The molecule has 0 saturated carbocycles. The third-order valence-corrected chi connectivity index (χ3v) is 3.35. The summed E-state index contributed by atoms with van der Waals surface area (Å²) in [5, 5.41) is 13.5. The van der Waals surface area contributed by atoms with Crippen molar-refractivity contribution in [3.63, 3.8) is 0 Å². The van der Waals surface area contributed by atoms with Crippen LogP contribution in [0.25, 0.3) is 17.1 Å². The molecule has 0 atom stereocenters. The summed E-state index contributed by atoms with van der Waals surface area (Å²) in [4.78, 5) is 16.6. The van der Waals surface area contributed by atoms with Crippen LogP contribution < -0.4 is 5.56 Å². The summed E-state index contributed by atoms with van der Waals surface area (Å²) >= 11 is 0. The fraction of sp³-hybridized carbons (Fsp3) is 0.188. The predicted molar refractivity (Wildman–Crippen MR) is 84.3 cm³/mol. The molecule has 0 amide bonds. The number of rotatable bonds is 5. The molecule has 0 radical (unpaired) electrons. The van der Waals surface area contributed by atoms with E-state index in [4.69, 9.17) is 5.11 Å². The highest BCUT2D eigenvalue weighted by Gasteiger charge is 2.08. The van der Waals surface area contributed by atoms with Crippen LogP contribution in [0, 0.1) is 0 Å². The van der Waals surface area contributed by atoms with Crippen LogP contribution in [0.2, 0.25) is 0 Å². The highest BCUT2D eigenvalue weighted by molar-refractivity contribution is 5.72. The van der Waals surface area contributed by atoms with E-state index in [2.05, 4.69) is 10.1 Å². The van der Waals surface area contributed by atoms with Crippen LogP contribution >= 0.6 is 0 Å². The zero-order chi connectivity index (χ0) is 15.4. The van der Waals surface area contributed by atoms with Crippen molar-refractivity contribution in [1.82, 2.24) is 19.3 Å². The Kier molecular flexibility index (Phi) is 4.11. The lowest BCUT2D eigenvalue weighted by Crippen LogP contribution is -2.20. The van der Waals surface area contributed by atoms with Crippen LogP contribution in [-0.4, -0.2) is 31.0 Å². The summed E-state index contributed by atoms with van der Waals surface area (Å²) in [7, 11) is 0. The Labute approximate surface area is 127 Å². The number of nitrogens with zero attached hydrogens (tertiary/aromatic N) is 4. The van der Waals surface area contributed by atoms with Crippen molar-refractivity contribution in [3.8, 4) is 0 Å². The quantitative estimate of drug-likeness (QED) is 0.770. The normalized spacial score (nSPS) is 11.5. The Balaban J connectivity index is 1.84. The largest absolute Gasteiger partial charge is 0.394 e. The van der Waals surface area contributed by atoms with Gasteiger partial charge in [-0.15, -0.1) is 0 Å². The van der Waals surface area contributed by atoms with Gasteiger partial charge in [0.2, 0.25) is 0 Å². The number of aliphatic hydroxyl groups is 1. The predicted octanol–water partition coefficient (Wildman–Crippen LogP) is 1.30. The SMILES string of the molecule is O=c1c2cnn(CCO)c2ncn1C/C=C/c1ccccc1. The molecule has 0 aliphatic rings. The average molecular weight is 296 g/mol. The summed E-state index contributed by atoms with van der Waals surface area (Å²) in [5.41, 5.74) is 1.45. The molecule has 1 aromatic carbocycles. The molecule has 22 heavy (non-hydrogen) atoms. The average Bonchev–Trinajstić information content (AvgIpc) is 2.95. The van der Waals surface area contributed by atoms with Crippen molar-refractivity contribution in [2.75, 3.05) is 6.61 Å². The van der Waals surface area contributed by atoms with Crippen LogP contribution in [0.15, 0.2) is 53.7 Å². The minimum Gasteiger partial charge on any atom is -0.394 e. The van der Waals surface area contributed by atoms with Gasteiger partial charge in [0, 0.05) is 6.54 Å². The van der Waals surface area contributed by atoms with Crippen LogP contribution in [0.4, 0.5) is 0 Å². The summed E-state index contributed by atoms with van der Waals surface area (Å²) in [6, 6.07) is 9.90. The van der Waals surface area contributed by atoms with Crippen molar-refractivity contribution >= 4 is 17.1 Å². The Morgan fingerprint density at radius 1 is 1.23 bits per heavy atom. The van der Waals surface area contributed by atoms with Gasteiger partial charge in [-0.3, -0.25) is 9.36 Å². The van der Waals surface area contributed by atoms with Gasteiger partial charge in [-0.25, -0.2) is 9.67 Å². The zero-order valence-electron chi connectivity index (χ0n) is 12.0. The van der Waals surface area contributed by atoms with E-state index in [1.807, 2.05) is 42.5 Å². The second kappa shape index (κ2) is 6.36. The molecular formula is C16H16N4O2. The molecule has 0 aliphatic heterocycles. The molecule has 0 unspecified atom stereocenters. The third kappa shape index (κ3) is 2.82. The van der Waals surface area contributed by atoms with Crippen molar-refractivity contribution in [1.29, 1.82) is 0 Å². The zero-order valence-corrected chi connectivity index (χ0v) is 12.0. The molecular weight excluding hydrogens is 280 g/mol. The Morgan fingerprint density at radius 2 is 2.05 bits per heavy atom. The lowest BCUT2D eigenvalue weighted by molar-refractivity contribution is 0.271. The maximum absolute atomic E-state index is 12.4. The minimum atomic E-state index is -0.132. The van der Waals surface area contributed by atoms with Gasteiger partial charge in [-0.1, -0.05) is 42.5 Å². The lowest BCUT2D eigenvalue weighted by atomic mass is 10.2. The molecule has 2 aromatic heterocycles. The molecule has 6 nitrogen and oxygen atoms in total. The van der Waals surface area contributed by atoms with Gasteiger partial charge in [0.1, 0.15) is 11.7 Å². The number of aliphatic hydroxyl groups excluding tert-OH is 1. The van der Waals surface area contributed by atoms with Crippen LogP contribution in [0.3, 0.4) is 0 Å². The van der Waals surface area contributed by atoms with Crippen LogP contribution in [0.1, 0.15) is 5.56 Å². The van der Waals surface area contributed by atoms with Crippen molar-refractivity contribution in [2.45, 2.75) is 13.1 Å². The molecule has 1 N–H and O–H groups in total. The molecule has 0 spiro atoms. The van der Waals surface area contributed by atoms with Gasteiger partial charge in [0.05, 0.1) is 19.3 Å². The number of allylic oxidation sites excluding steroid dienone is 1. The fourth-order valence-electron chi connectivity index (χ4n) is 2.25. The smallest absolute Gasteiger partial charge is 0.264 e. The highest BCUT2D eigenvalue weighted by Crippen LogP contribution is 2.06. The van der Waals surface area contributed by atoms with Crippen LogP contribution in [0.5, 0.6) is 0 Å². The summed E-state index contributed by atoms with van der Waals surface area (Å²) in [6.07, 6.45) is 6.89. The molecule has 3 rings (SSSR count). The van der Waals surface area contributed by atoms with E-state index in [0.29, 0.717) is 24.1 Å². The number of benzene rings is 1. The molecule has 0 bridgehead atoms. The maximum Gasteiger partial charge on any atom is 0.264 e. The van der Waals surface area contributed by atoms with Gasteiger partial charge in [-0.05, 0) is 5.56 Å². The van der Waals surface area contributed by atoms with Crippen molar-refractivity contribution < 1.29 is 5.11 Å². The molecule has 3 aromatic rings. The van der Waals surface area contributed by atoms with E-state index in [1.165, 1.54) is 21.8 Å². The van der Waals surface area contributed by atoms with E-state index in [-0.39, 0.29) is 12.2 Å². The molecule has 0 aliphatic carbocycles. The minimum absolute atomic E-state index is 0.0403. The molecule has 0 saturated heterocycles. The molecule has 2 heterocycles.